The van der Waals surface area contributed by atoms with E-state index in [0.29, 0.717) is 44.6 Å². The first-order valence-corrected chi connectivity index (χ1v) is 9.30. The van der Waals surface area contributed by atoms with Crippen molar-refractivity contribution in [2.24, 2.45) is 0 Å². The van der Waals surface area contributed by atoms with Gasteiger partial charge in [-0.1, -0.05) is 30.3 Å². The highest BCUT2D eigenvalue weighted by Gasteiger charge is 2.26. The number of amides is 2. The van der Waals surface area contributed by atoms with Gasteiger partial charge in [-0.2, -0.15) is 4.80 Å². The van der Waals surface area contributed by atoms with E-state index >= 15 is 0 Å². The summed E-state index contributed by atoms with van der Waals surface area (Å²) in [7, 11) is 0. The minimum Gasteiger partial charge on any atom is -0.352 e. The molecule has 1 aliphatic carbocycles. The highest BCUT2D eigenvalue weighted by molar-refractivity contribution is 5.79. The van der Waals surface area contributed by atoms with Crippen molar-refractivity contribution in [1.82, 2.24) is 35.3 Å². The van der Waals surface area contributed by atoms with Gasteiger partial charge in [-0.05, 0) is 18.1 Å². The molecule has 2 heterocycles. The topological polar surface area (TPSA) is 96.3 Å². The lowest BCUT2D eigenvalue weighted by atomic mass is 10.2. The van der Waals surface area contributed by atoms with Crippen molar-refractivity contribution in [2.45, 2.75) is 25.4 Å². The van der Waals surface area contributed by atoms with Gasteiger partial charge in [0.1, 0.15) is 6.54 Å². The highest BCUT2D eigenvalue weighted by Crippen LogP contribution is 2.18. The molecule has 2 aliphatic rings. The van der Waals surface area contributed by atoms with E-state index in [9.17, 15) is 9.59 Å². The van der Waals surface area contributed by atoms with Crippen molar-refractivity contribution in [3.8, 4) is 11.4 Å². The number of hydrogen-bond donors (Lipinski definition) is 1. The molecule has 0 bridgehead atoms. The summed E-state index contributed by atoms with van der Waals surface area (Å²) in [5.41, 5.74) is 0.870. The number of aromatic nitrogens is 4. The first kappa shape index (κ1) is 17.6. The van der Waals surface area contributed by atoms with Crippen molar-refractivity contribution in [3.63, 3.8) is 0 Å². The molecule has 1 saturated carbocycles. The smallest absolute Gasteiger partial charge is 0.246 e. The van der Waals surface area contributed by atoms with Crippen LogP contribution in [-0.4, -0.2) is 80.6 Å². The molecule has 1 N–H and O–H groups in total. The van der Waals surface area contributed by atoms with Crippen LogP contribution in [0.15, 0.2) is 30.3 Å². The Labute approximate surface area is 157 Å². The highest BCUT2D eigenvalue weighted by atomic mass is 16.2. The SMILES string of the molecule is O=C(CN1CCN(C(=O)Cn2nnc(-c3ccccc3)n2)CC1)NC1CC1. The minimum atomic E-state index is -0.0332. The predicted octanol–water partition coefficient (Wildman–Crippen LogP) is -0.237. The maximum Gasteiger partial charge on any atom is 0.246 e. The van der Waals surface area contributed by atoms with Crippen LogP contribution in [0.1, 0.15) is 12.8 Å². The van der Waals surface area contributed by atoms with Gasteiger partial charge in [0.25, 0.3) is 0 Å². The van der Waals surface area contributed by atoms with Gasteiger partial charge in [-0.15, -0.1) is 10.2 Å². The number of carbonyl (C=O) groups excluding carboxylic acids is 2. The zero-order valence-electron chi connectivity index (χ0n) is 15.1. The summed E-state index contributed by atoms with van der Waals surface area (Å²) in [5, 5.41) is 15.3. The fourth-order valence-electron chi connectivity index (χ4n) is 3.09. The number of rotatable bonds is 6. The van der Waals surface area contributed by atoms with E-state index in [1.807, 2.05) is 30.3 Å². The molecule has 0 atom stereocenters. The first-order chi connectivity index (χ1) is 13.2. The Morgan fingerprint density at radius 3 is 2.48 bits per heavy atom. The van der Waals surface area contributed by atoms with Crippen LogP contribution >= 0.6 is 0 Å². The molecule has 0 unspecified atom stereocenters. The molecule has 1 aliphatic heterocycles. The van der Waals surface area contributed by atoms with Crippen LogP contribution in [0.2, 0.25) is 0 Å². The summed E-state index contributed by atoms with van der Waals surface area (Å²) in [4.78, 5) is 29.6. The molecule has 9 nitrogen and oxygen atoms in total. The second kappa shape index (κ2) is 7.83. The van der Waals surface area contributed by atoms with Crippen LogP contribution < -0.4 is 5.32 Å². The molecule has 2 aromatic rings. The normalized spacial score (nSPS) is 17.7. The third kappa shape index (κ3) is 4.68. The van der Waals surface area contributed by atoms with Gasteiger partial charge in [-0.3, -0.25) is 14.5 Å². The Kier molecular flexibility index (Phi) is 5.10. The van der Waals surface area contributed by atoms with Gasteiger partial charge in [-0.25, -0.2) is 0 Å². The van der Waals surface area contributed by atoms with Crippen molar-refractivity contribution < 1.29 is 9.59 Å². The molecule has 0 spiro atoms. The quantitative estimate of drug-likeness (QED) is 0.755. The van der Waals surface area contributed by atoms with Crippen molar-refractivity contribution >= 4 is 11.8 Å². The number of nitrogens with zero attached hydrogens (tertiary/aromatic N) is 6. The fraction of sp³-hybridized carbons (Fsp3) is 0.500. The number of hydrogen-bond acceptors (Lipinski definition) is 6. The van der Waals surface area contributed by atoms with E-state index in [0.717, 1.165) is 18.4 Å². The second-order valence-electron chi connectivity index (χ2n) is 7.01. The molecule has 2 fully saturated rings. The van der Waals surface area contributed by atoms with E-state index in [2.05, 4.69) is 25.6 Å². The van der Waals surface area contributed by atoms with Crippen molar-refractivity contribution in [3.05, 3.63) is 30.3 Å². The Balaban J connectivity index is 1.25. The van der Waals surface area contributed by atoms with Crippen molar-refractivity contribution in [1.29, 1.82) is 0 Å². The molecule has 4 rings (SSSR count). The summed E-state index contributed by atoms with van der Waals surface area (Å²) in [5.74, 6) is 0.557. The van der Waals surface area contributed by atoms with E-state index in [-0.39, 0.29) is 18.4 Å². The molecule has 1 saturated heterocycles. The summed E-state index contributed by atoms with van der Waals surface area (Å²) < 4.78 is 0. The Bertz CT molecular complexity index is 795. The Morgan fingerprint density at radius 2 is 1.78 bits per heavy atom. The third-order valence-electron chi connectivity index (χ3n) is 4.80. The first-order valence-electron chi connectivity index (χ1n) is 9.30. The standard InChI is InChI=1S/C18H23N7O2/c26-16(19-15-6-7-15)12-23-8-10-24(11-9-23)17(27)13-25-21-18(20-22-25)14-4-2-1-3-5-14/h1-5,15H,6-13H2,(H,19,26). The van der Waals surface area contributed by atoms with E-state index in [1.54, 1.807) is 4.90 Å². The van der Waals surface area contributed by atoms with Crippen LogP contribution in [0.3, 0.4) is 0 Å². The Hall–Kier alpha value is -2.81. The molecule has 1 aromatic heterocycles. The van der Waals surface area contributed by atoms with Crippen LogP contribution in [0.4, 0.5) is 0 Å². The number of piperazine rings is 1. The lowest BCUT2D eigenvalue weighted by Gasteiger charge is -2.34. The maximum absolute atomic E-state index is 12.5. The zero-order valence-corrected chi connectivity index (χ0v) is 15.1. The maximum atomic E-state index is 12.5. The lowest BCUT2D eigenvalue weighted by Crippen LogP contribution is -2.52. The average molecular weight is 369 g/mol. The predicted molar refractivity (Wildman–Crippen MR) is 97.4 cm³/mol. The molecule has 2 amide bonds. The fourth-order valence-corrected chi connectivity index (χ4v) is 3.09. The van der Waals surface area contributed by atoms with Gasteiger partial charge in [0.05, 0.1) is 6.54 Å². The summed E-state index contributed by atoms with van der Waals surface area (Å²) >= 11 is 0. The van der Waals surface area contributed by atoms with Crippen LogP contribution in [0.25, 0.3) is 11.4 Å². The average Bonchev–Trinajstić information content (AvgIpc) is 3.37. The molecular weight excluding hydrogens is 346 g/mol. The van der Waals surface area contributed by atoms with Gasteiger partial charge >= 0.3 is 0 Å². The number of benzene rings is 1. The number of nitrogens with one attached hydrogen (secondary N) is 1. The molecule has 27 heavy (non-hydrogen) atoms. The van der Waals surface area contributed by atoms with Crippen LogP contribution in [0, 0.1) is 0 Å². The monoisotopic (exact) mass is 369 g/mol. The van der Waals surface area contributed by atoms with Gasteiger partial charge in [0, 0.05) is 37.8 Å². The molecule has 1 aromatic carbocycles. The van der Waals surface area contributed by atoms with E-state index in [1.165, 1.54) is 4.80 Å². The largest absolute Gasteiger partial charge is 0.352 e. The van der Waals surface area contributed by atoms with Crippen molar-refractivity contribution in [2.75, 3.05) is 32.7 Å². The van der Waals surface area contributed by atoms with Gasteiger partial charge in [0.2, 0.25) is 17.6 Å². The molecule has 142 valence electrons. The lowest BCUT2D eigenvalue weighted by molar-refractivity contribution is -0.134. The van der Waals surface area contributed by atoms with Gasteiger partial charge < -0.3 is 10.2 Å². The van der Waals surface area contributed by atoms with Crippen LogP contribution in [-0.2, 0) is 16.1 Å². The summed E-state index contributed by atoms with van der Waals surface area (Å²) in [6.45, 7) is 3.09. The van der Waals surface area contributed by atoms with E-state index in [4.69, 9.17) is 0 Å². The molecule has 9 heteroatoms. The second-order valence-corrected chi connectivity index (χ2v) is 7.01. The number of carbonyl (C=O) groups is 2. The molecular formula is C18H23N7O2. The minimum absolute atomic E-state index is 0.0332. The number of tetrazole rings is 1. The summed E-state index contributed by atoms with van der Waals surface area (Å²) in [6.07, 6.45) is 2.19. The zero-order chi connectivity index (χ0) is 18.6. The van der Waals surface area contributed by atoms with E-state index < -0.39 is 0 Å². The summed E-state index contributed by atoms with van der Waals surface area (Å²) in [6, 6.07) is 9.93. The van der Waals surface area contributed by atoms with Crippen LogP contribution in [0.5, 0.6) is 0 Å². The Morgan fingerprint density at radius 1 is 1.04 bits per heavy atom. The van der Waals surface area contributed by atoms with Gasteiger partial charge in [0.15, 0.2) is 0 Å². The molecule has 0 radical (unpaired) electrons. The third-order valence-corrected chi connectivity index (χ3v) is 4.80.